The zero-order valence-electron chi connectivity index (χ0n) is 9.02. The molecule has 5 heteroatoms. The molecule has 2 heterocycles. The first-order valence-corrected chi connectivity index (χ1v) is 6.30. The molecule has 0 saturated carbocycles. The number of aryl methyl sites for hydroxylation is 1. The molecule has 15 heavy (non-hydrogen) atoms. The largest absolute Gasteiger partial charge is 0.396 e. The van der Waals surface area contributed by atoms with Gasteiger partial charge in [0.15, 0.2) is 0 Å². The van der Waals surface area contributed by atoms with Gasteiger partial charge < -0.3 is 10.0 Å². The number of nitrogens with zero attached hydrogens (tertiary/aromatic N) is 3. The van der Waals surface area contributed by atoms with Crippen LogP contribution in [-0.2, 0) is 0 Å². The normalized spacial score (nSPS) is 22.0. The SMILES string of the molecule is Cc1nnc(N2CCCCC2CCO)s1. The topological polar surface area (TPSA) is 49.2 Å². The van der Waals surface area contributed by atoms with Gasteiger partial charge in [0.2, 0.25) is 5.13 Å². The first-order chi connectivity index (χ1) is 7.31. The molecule has 4 nitrogen and oxygen atoms in total. The Morgan fingerprint density at radius 3 is 3.00 bits per heavy atom. The second kappa shape index (κ2) is 4.90. The fraction of sp³-hybridized carbons (Fsp3) is 0.800. The minimum Gasteiger partial charge on any atom is -0.396 e. The predicted octanol–water partition coefficient (Wildman–Crippen LogP) is 1.59. The monoisotopic (exact) mass is 227 g/mol. The zero-order chi connectivity index (χ0) is 10.7. The Labute approximate surface area is 93.9 Å². The maximum atomic E-state index is 9.03. The Morgan fingerprint density at radius 2 is 2.33 bits per heavy atom. The number of aliphatic hydroxyl groups is 1. The molecule has 1 fully saturated rings. The molecular formula is C10H17N3OS. The first kappa shape index (κ1) is 10.8. The Hall–Kier alpha value is -0.680. The van der Waals surface area contributed by atoms with E-state index in [1.54, 1.807) is 11.3 Å². The molecule has 0 aromatic carbocycles. The Morgan fingerprint density at radius 1 is 1.47 bits per heavy atom. The van der Waals surface area contributed by atoms with Crippen LogP contribution in [0.2, 0.25) is 0 Å². The number of piperidine rings is 1. The average molecular weight is 227 g/mol. The van der Waals surface area contributed by atoms with E-state index in [4.69, 9.17) is 5.11 Å². The van der Waals surface area contributed by atoms with E-state index in [1.165, 1.54) is 19.3 Å². The van der Waals surface area contributed by atoms with Crippen LogP contribution in [0.1, 0.15) is 30.7 Å². The van der Waals surface area contributed by atoms with Gasteiger partial charge in [-0.15, -0.1) is 10.2 Å². The maximum absolute atomic E-state index is 9.03. The number of hydrogen-bond acceptors (Lipinski definition) is 5. The smallest absolute Gasteiger partial charge is 0.208 e. The highest BCUT2D eigenvalue weighted by Gasteiger charge is 2.24. The molecular weight excluding hydrogens is 210 g/mol. The quantitative estimate of drug-likeness (QED) is 0.852. The summed E-state index contributed by atoms with van der Waals surface area (Å²) in [6.45, 7) is 3.30. The van der Waals surface area contributed by atoms with Crippen LogP contribution in [0.3, 0.4) is 0 Å². The second-order valence-electron chi connectivity index (χ2n) is 3.96. The molecule has 0 bridgehead atoms. The molecule has 1 atom stereocenters. The molecule has 1 aliphatic rings. The van der Waals surface area contributed by atoms with Crippen molar-refractivity contribution in [3.8, 4) is 0 Å². The molecule has 0 radical (unpaired) electrons. The summed E-state index contributed by atoms with van der Waals surface area (Å²) < 4.78 is 0. The van der Waals surface area contributed by atoms with Crippen LogP contribution in [0.25, 0.3) is 0 Å². The van der Waals surface area contributed by atoms with Gasteiger partial charge in [0.25, 0.3) is 0 Å². The molecule has 1 N–H and O–H groups in total. The van der Waals surface area contributed by atoms with Crippen molar-refractivity contribution in [2.24, 2.45) is 0 Å². The minimum atomic E-state index is 0.263. The van der Waals surface area contributed by atoms with Gasteiger partial charge in [-0.1, -0.05) is 11.3 Å². The van der Waals surface area contributed by atoms with Crippen molar-refractivity contribution >= 4 is 16.5 Å². The molecule has 1 saturated heterocycles. The van der Waals surface area contributed by atoms with Crippen molar-refractivity contribution in [1.82, 2.24) is 10.2 Å². The molecule has 84 valence electrons. The minimum absolute atomic E-state index is 0.263. The highest BCUT2D eigenvalue weighted by atomic mass is 32.1. The highest BCUT2D eigenvalue weighted by molar-refractivity contribution is 7.15. The van der Waals surface area contributed by atoms with E-state index in [1.807, 2.05) is 6.92 Å². The van der Waals surface area contributed by atoms with Crippen molar-refractivity contribution in [2.45, 2.75) is 38.6 Å². The molecule has 0 amide bonds. The van der Waals surface area contributed by atoms with Crippen LogP contribution in [-0.4, -0.2) is 34.5 Å². The van der Waals surface area contributed by atoms with Crippen molar-refractivity contribution in [3.63, 3.8) is 0 Å². The van der Waals surface area contributed by atoms with Crippen LogP contribution < -0.4 is 4.90 Å². The summed E-state index contributed by atoms with van der Waals surface area (Å²) in [4.78, 5) is 2.31. The van der Waals surface area contributed by atoms with Crippen molar-refractivity contribution in [2.75, 3.05) is 18.1 Å². The van der Waals surface area contributed by atoms with Crippen LogP contribution in [0.5, 0.6) is 0 Å². The first-order valence-electron chi connectivity index (χ1n) is 5.49. The van der Waals surface area contributed by atoms with Gasteiger partial charge in [0.1, 0.15) is 5.01 Å². The van der Waals surface area contributed by atoms with Crippen LogP contribution in [0, 0.1) is 6.92 Å². The van der Waals surface area contributed by atoms with Crippen LogP contribution >= 0.6 is 11.3 Å². The summed E-state index contributed by atoms with van der Waals surface area (Å²) in [5, 5.41) is 19.3. The van der Waals surface area contributed by atoms with E-state index in [-0.39, 0.29) is 6.61 Å². The highest BCUT2D eigenvalue weighted by Crippen LogP contribution is 2.28. The van der Waals surface area contributed by atoms with E-state index in [9.17, 15) is 0 Å². The third-order valence-corrected chi connectivity index (χ3v) is 3.73. The average Bonchev–Trinajstić information content (AvgIpc) is 2.66. The van der Waals surface area contributed by atoms with Crippen molar-refractivity contribution in [1.29, 1.82) is 0 Å². The van der Waals surface area contributed by atoms with Gasteiger partial charge in [0.05, 0.1) is 0 Å². The van der Waals surface area contributed by atoms with Crippen molar-refractivity contribution in [3.05, 3.63) is 5.01 Å². The van der Waals surface area contributed by atoms with E-state index in [0.717, 1.165) is 23.1 Å². The third-order valence-electron chi connectivity index (χ3n) is 2.85. The maximum Gasteiger partial charge on any atom is 0.208 e. The number of anilines is 1. The summed E-state index contributed by atoms with van der Waals surface area (Å²) >= 11 is 1.65. The van der Waals surface area contributed by atoms with Gasteiger partial charge >= 0.3 is 0 Å². The van der Waals surface area contributed by atoms with E-state index >= 15 is 0 Å². The van der Waals surface area contributed by atoms with Gasteiger partial charge in [-0.3, -0.25) is 0 Å². The summed E-state index contributed by atoms with van der Waals surface area (Å²) in [6, 6.07) is 0.455. The molecule has 0 spiro atoms. The Balaban J connectivity index is 2.10. The fourth-order valence-electron chi connectivity index (χ4n) is 2.10. The van der Waals surface area contributed by atoms with Gasteiger partial charge in [0, 0.05) is 19.2 Å². The van der Waals surface area contributed by atoms with Crippen molar-refractivity contribution < 1.29 is 5.11 Å². The van der Waals surface area contributed by atoms with Gasteiger partial charge in [-0.25, -0.2) is 0 Å². The number of aromatic nitrogens is 2. The number of aliphatic hydroxyl groups excluding tert-OH is 1. The van der Waals surface area contributed by atoms with E-state index in [2.05, 4.69) is 15.1 Å². The lowest BCUT2D eigenvalue weighted by molar-refractivity contribution is 0.262. The lowest BCUT2D eigenvalue weighted by atomic mass is 10.0. The number of rotatable bonds is 3. The third kappa shape index (κ3) is 2.46. The molecule has 0 aliphatic carbocycles. The van der Waals surface area contributed by atoms with E-state index in [0.29, 0.717) is 6.04 Å². The summed E-state index contributed by atoms with van der Waals surface area (Å²) in [5.41, 5.74) is 0. The Kier molecular flexibility index (Phi) is 3.53. The standard InChI is InChI=1S/C10H17N3OS/c1-8-11-12-10(15-8)13-6-3-2-4-9(13)5-7-14/h9,14H,2-7H2,1H3. The predicted molar refractivity (Wildman–Crippen MR) is 61.3 cm³/mol. The fourth-order valence-corrected chi connectivity index (χ4v) is 2.89. The second-order valence-corrected chi connectivity index (χ2v) is 5.12. The van der Waals surface area contributed by atoms with Crippen LogP contribution in [0.15, 0.2) is 0 Å². The molecule has 1 aliphatic heterocycles. The molecule has 1 unspecified atom stereocenters. The summed E-state index contributed by atoms with van der Waals surface area (Å²) in [7, 11) is 0. The molecule has 1 aromatic rings. The lowest BCUT2D eigenvalue weighted by Crippen LogP contribution is -2.40. The molecule has 1 aromatic heterocycles. The summed E-state index contributed by atoms with van der Waals surface area (Å²) in [6.07, 6.45) is 4.50. The van der Waals surface area contributed by atoms with Crippen LogP contribution in [0.4, 0.5) is 5.13 Å². The molecule has 2 rings (SSSR count). The summed E-state index contributed by atoms with van der Waals surface area (Å²) in [5.74, 6) is 0. The van der Waals surface area contributed by atoms with Gasteiger partial charge in [-0.05, 0) is 32.6 Å². The zero-order valence-corrected chi connectivity index (χ0v) is 9.83. The Bertz CT molecular complexity index is 313. The lowest BCUT2D eigenvalue weighted by Gasteiger charge is -2.34. The number of hydrogen-bond donors (Lipinski definition) is 1. The van der Waals surface area contributed by atoms with E-state index < -0.39 is 0 Å². The van der Waals surface area contributed by atoms with Gasteiger partial charge in [-0.2, -0.15) is 0 Å².